The molecule has 20 heavy (non-hydrogen) atoms. The predicted octanol–water partition coefficient (Wildman–Crippen LogP) is 4.10. The van der Waals surface area contributed by atoms with Crippen LogP contribution in [0, 0.1) is 5.82 Å². The third kappa shape index (κ3) is 2.18. The number of benzene rings is 1. The summed E-state index contributed by atoms with van der Waals surface area (Å²) in [5.41, 5.74) is 2.16. The van der Waals surface area contributed by atoms with Crippen LogP contribution in [-0.2, 0) is 0 Å². The molecule has 0 aliphatic heterocycles. The van der Waals surface area contributed by atoms with Crippen molar-refractivity contribution < 1.29 is 9.13 Å². The van der Waals surface area contributed by atoms with Gasteiger partial charge in [-0.3, -0.25) is 0 Å². The standard InChI is InChI=1S/C15H10ClFN2O/c1-20-14-5-4-12-10(6-7-18-15(12)19-14)11-3-2-9(17)8-13(11)16/h2-8H,1H3. The van der Waals surface area contributed by atoms with Crippen molar-refractivity contribution >= 4 is 22.6 Å². The molecule has 0 bridgehead atoms. The van der Waals surface area contributed by atoms with Crippen LogP contribution in [0.2, 0.25) is 5.02 Å². The van der Waals surface area contributed by atoms with Crippen molar-refractivity contribution in [3.63, 3.8) is 0 Å². The molecule has 2 aromatic heterocycles. The lowest BCUT2D eigenvalue weighted by atomic mass is 10.0. The molecule has 0 N–H and O–H groups in total. The number of ether oxygens (including phenoxy) is 1. The molecule has 0 atom stereocenters. The minimum absolute atomic E-state index is 0.355. The molecule has 100 valence electrons. The van der Waals surface area contributed by atoms with Gasteiger partial charge < -0.3 is 4.74 Å². The molecule has 2 heterocycles. The van der Waals surface area contributed by atoms with E-state index in [1.54, 1.807) is 25.4 Å². The minimum atomic E-state index is -0.364. The van der Waals surface area contributed by atoms with E-state index in [4.69, 9.17) is 16.3 Å². The smallest absolute Gasteiger partial charge is 0.215 e. The minimum Gasteiger partial charge on any atom is -0.481 e. The maximum atomic E-state index is 13.2. The fraction of sp³-hybridized carbons (Fsp3) is 0.0667. The van der Waals surface area contributed by atoms with Crippen LogP contribution < -0.4 is 4.74 Å². The van der Waals surface area contributed by atoms with Crippen molar-refractivity contribution in [3.8, 4) is 17.0 Å². The monoisotopic (exact) mass is 288 g/mol. The average molecular weight is 289 g/mol. The lowest BCUT2D eigenvalue weighted by molar-refractivity contribution is 0.399. The molecule has 1 aromatic carbocycles. The highest BCUT2D eigenvalue weighted by Crippen LogP contribution is 2.33. The summed E-state index contributed by atoms with van der Waals surface area (Å²) in [7, 11) is 1.55. The molecule has 0 saturated heterocycles. The number of halogens is 2. The fourth-order valence-corrected chi connectivity index (χ4v) is 2.34. The summed E-state index contributed by atoms with van der Waals surface area (Å²) in [4.78, 5) is 8.49. The second-order valence-corrected chi connectivity index (χ2v) is 4.61. The van der Waals surface area contributed by atoms with Crippen molar-refractivity contribution in [1.29, 1.82) is 0 Å². The van der Waals surface area contributed by atoms with Crippen LogP contribution in [-0.4, -0.2) is 17.1 Å². The highest BCUT2D eigenvalue weighted by Gasteiger charge is 2.10. The van der Waals surface area contributed by atoms with Crippen molar-refractivity contribution in [3.05, 3.63) is 53.4 Å². The molecule has 0 aliphatic rings. The Morgan fingerprint density at radius 1 is 1.10 bits per heavy atom. The molecule has 0 saturated carbocycles. The fourth-order valence-electron chi connectivity index (χ4n) is 2.07. The maximum Gasteiger partial charge on any atom is 0.215 e. The van der Waals surface area contributed by atoms with Crippen molar-refractivity contribution in [2.24, 2.45) is 0 Å². The Morgan fingerprint density at radius 3 is 2.70 bits per heavy atom. The highest BCUT2D eigenvalue weighted by atomic mass is 35.5. The van der Waals surface area contributed by atoms with Crippen molar-refractivity contribution in [2.45, 2.75) is 0 Å². The molecule has 0 aliphatic carbocycles. The maximum absolute atomic E-state index is 13.2. The van der Waals surface area contributed by atoms with Crippen LogP contribution in [0.25, 0.3) is 22.2 Å². The van der Waals surface area contributed by atoms with Crippen LogP contribution in [0.5, 0.6) is 5.88 Å². The zero-order valence-electron chi connectivity index (χ0n) is 10.6. The summed E-state index contributed by atoms with van der Waals surface area (Å²) in [6.45, 7) is 0. The summed E-state index contributed by atoms with van der Waals surface area (Å²) in [6.07, 6.45) is 1.64. The van der Waals surface area contributed by atoms with Gasteiger partial charge in [0.1, 0.15) is 5.82 Å². The SMILES string of the molecule is COc1ccc2c(-c3ccc(F)cc3Cl)ccnc2n1. The Labute approximate surface area is 120 Å². The van der Waals surface area contributed by atoms with E-state index < -0.39 is 0 Å². The Bertz CT molecular complexity index is 792. The van der Waals surface area contributed by atoms with Gasteiger partial charge in [-0.15, -0.1) is 0 Å². The number of methoxy groups -OCH3 is 1. The first kappa shape index (κ1) is 12.8. The number of nitrogens with zero attached hydrogens (tertiary/aromatic N) is 2. The highest BCUT2D eigenvalue weighted by molar-refractivity contribution is 6.33. The molecule has 0 radical (unpaired) electrons. The van der Waals surface area contributed by atoms with Crippen LogP contribution in [0.1, 0.15) is 0 Å². The normalized spacial score (nSPS) is 10.8. The van der Waals surface area contributed by atoms with Gasteiger partial charge in [-0.05, 0) is 35.9 Å². The number of hydrogen-bond donors (Lipinski definition) is 0. The molecule has 0 fully saturated rings. The van der Waals surface area contributed by atoms with Crippen molar-refractivity contribution in [1.82, 2.24) is 9.97 Å². The Balaban J connectivity index is 2.25. The second kappa shape index (κ2) is 5.06. The predicted molar refractivity (Wildman–Crippen MR) is 76.5 cm³/mol. The largest absolute Gasteiger partial charge is 0.481 e. The molecule has 3 aromatic rings. The van der Waals surface area contributed by atoms with Crippen LogP contribution >= 0.6 is 11.6 Å². The Morgan fingerprint density at radius 2 is 1.95 bits per heavy atom. The zero-order valence-corrected chi connectivity index (χ0v) is 11.4. The van der Waals surface area contributed by atoms with Gasteiger partial charge in [0.15, 0.2) is 5.65 Å². The van der Waals surface area contributed by atoms with E-state index in [9.17, 15) is 4.39 Å². The summed E-state index contributed by atoms with van der Waals surface area (Å²) in [5.74, 6) is 0.129. The lowest BCUT2D eigenvalue weighted by Crippen LogP contribution is -1.92. The van der Waals surface area contributed by atoms with Gasteiger partial charge in [0, 0.05) is 23.2 Å². The topological polar surface area (TPSA) is 35.0 Å². The number of pyridine rings is 2. The van der Waals surface area contributed by atoms with E-state index in [1.165, 1.54) is 12.1 Å². The molecular formula is C15H10ClFN2O. The molecular weight excluding hydrogens is 279 g/mol. The summed E-state index contributed by atoms with van der Waals surface area (Å²) >= 11 is 6.12. The summed E-state index contributed by atoms with van der Waals surface area (Å²) in [6, 6.07) is 9.77. The van der Waals surface area contributed by atoms with Crippen LogP contribution in [0.4, 0.5) is 4.39 Å². The third-order valence-corrected chi connectivity index (χ3v) is 3.32. The number of hydrogen-bond acceptors (Lipinski definition) is 3. The van der Waals surface area contributed by atoms with E-state index in [2.05, 4.69) is 9.97 Å². The molecule has 3 rings (SSSR count). The molecule has 3 nitrogen and oxygen atoms in total. The van der Waals surface area contributed by atoms with E-state index in [1.807, 2.05) is 12.1 Å². The Hall–Kier alpha value is -2.20. The third-order valence-electron chi connectivity index (χ3n) is 3.01. The zero-order chi connectivity index (χ0) is 14.1. The van der Waals surface area contributed by atoms with Gasteiger partial charge in [0.2, 0.25) is 5.88 Å². The first-order chi connectivity index (χ1) is 9.69. The van der Waals surface area contributed by atoms with E-state index in [0.717, 1.165) is 16.5 Å². The van der Waals surface area contributed by atoms with Gasteiger partial charge in [0.05, 0.1) is 12.1 Å². The summed E-state index contributed by atoms with van der Waals surface area (Å²) < 4.78 is 18.2. The Kier molecular flexibility index (Phi) is 3.24. The average Bonchev–Trinajstić information content (AvgIpc) is 2.46. The molecule has 0 unspecified atom stereocenters. The lowest BCUT2D eigenvalue weighted by Gasteiger charge is -2.08. The van der Waals surface area contributed by atoms with Crippen LogP contribution in [0.15, 0.2) is 42.6 Å². The van der Waals surface area contributed by atoms with Gasteiger partial charge in [-0.1, -0.05) is 11.6 Å². The van der Waals surface area contributed by atoms with E-state index in [0.29, 0.717) is 16.5 Å². The van der Waals surface area contributed by atoms with Gasteiger partial charge in [-0.25, -0.2) is 9.37 Å². The van der Waals surface area contributed by atoms with Gasteiger partial charge in [0.25, 0.3) is 0 Å². The first-order valence-electron chi connectivity index (χ1n) is 5.94. The second-order valence-electron chi connectivity index (χ2n) is 4.21. The molecule has 5 heteroatoms. The first-order valence-corrected chi connectivity index (χ1v) is 6.32. The summed E-state index contributed by atoms with van der Waals surface area (Å²) in [5, 5.41) is 1.19. The number of rotatable bonds is 2. The quantitative estimate of drug-likeness (QED) is 0.712. The molecule has 0 spiro atoms. The van der Waals surface area contributed by atoms with Gasteiger partial charge in [-0.2, -0.15) is 4.98 Å². The molecule has 0 amide bonds. The van der Waals surface area contributed by atoms with Crippen molar-refractivity contribution in [2.75, 3.05) is 7.11 Å². The van der Waals surface area contributed by atoms with Gasteiger partial charge >= 0.3 is 0 Å². The van der Waals surface area contributed by atoms with Crippen LogP contribution in [0.3, 0.4) is 0 Å². The number of aromatic nitrogens is 2. The van der Waals surface area contributed by atoms with E-state index >= 15 is 0 Å². The number of fused-ring (bicyclic) bond motifs is 1. The van der Waals surface area contributed by atoms with E-state index in [-0.39, 0.29) is 5.82 Å².